The molecule has 4 aromatic heterocycles. The number of hydrogen-bond donors (Lipinski definition) is 1. The van der Waals surface area contributed by atoms with Crippen LogP contribution in [-0.4, -0.2) is 52.4 Å². The number of halogens is 3. The molecule has 1 atom stereocenters. The molecule has 0 fully saturated rings. The van der Waals surface area contributed by atoms with Gasteiger partial charge in [0, 0.05) is 75.3 Å². The highest BCUT2D eigenvalue weighted by Crippen LogP contribution is 2.40. The number of alkyl halides is 3. The standard InChI is InChI=1S/C34H27ClF2N8O3/c1-17-8-18(2)40-33(39-17)44-14-22-12-27-26(30(22)43-44)10-21(13-38-27)25-9-20(11-28-31(25)45-19(3)15-47-16-29(45)42-28)32(46)41-23-4-6-24(7-5-23)48-34(35,36)37/h4-11,13-14,19H,12,15-16H2,1-3H3,(H,41,46)/t19-/m1/s1. The first-order valence-electron chi connectivity index (χ1n) is 15.2. The van der Waals surface area contributed by atoms with Crippen molar-refractivity contribution in [2.45, 2.75) is 45.4 Å². The molecule has 0 unspecified atom stereocenters. The maximum atomic E-state index is 13.6. The quantitative estimate of drug-likeness (QED) is 0.193. The van der Waals surface area contributed by atoms with Crippen molar-refractivity contribution >= 4 is 34.2 Å². The summed E-state index contributed by atoms with van der Waals surface area (Å²) in [6.07, 6.45) is 4.39. The van der Waals surface area contributed by atoms with Crippen molar-refractivity contribution in [3.05, 3.63) is 95.0 Å². The van der Waals surface area contributed by atoms with Crippen LogP contribution in [0.1, 0.15) is 51.8 Å². The van der Waals surface area contributed by atoms with E-state index in [1.807, 2.05) is 38.4 Å². The molecular formula is C34H27ClF2N8O3. The molecule has 1 aliphatic carbocycles. The summed E-state index contributed by atoms with van der Waals surface area (Å²) in [7, 11) is 0. The Morgan fingerprint density at radius 3 is 2.58 bits per heavy atom. The average molecular weight is 669 g/mol. The second-order valence-corrected chi connectivity index (χ2v) is 12.4. The van der Waals surface area contributed by atoms with Crippen LogP contribution in [0.3, 0.4) is 0 Å². The van der Waals surface area contributed by atoms with Crippen LogP contribution in [-0.2, 0) is 17.8 Å². The number of carbonyl (C=O) groups excluding carboxylic acids is 1. The number of carbonyl (C=O) groups is 1. The molecule has 0 bridgehead atoms. The molecule has 6 aromatic rings. The molecule has 14 heteroatoms. The number of fused-ring (bicyclic) bond motifs is 6. The Hall–Kier alpha value is -5.27. The summed E-state index contributed by atoms with van der Waals surface area (Å²) in [6, 6.07) is 13.0. The minimum absolute atomic E-state index is 0.0146. The number of hydrogen-bond acceptors (Lipinski definition) is 8. The van der Waals surface area contributed by atoms with Crippen molar-refractivity contribution < 1.29 is 23.0 Å². The molecule has 8 rings (SSSR count). The highest BCUT2D eigenvalue weighted by atomic mass is 35.5. The lowest BCUT2D eigenvalue weighted by Gasteiger charge is -2.23. The maximum Gasteiger partial charge on any atom is 0.487 e. The summed E-state index contributed by atoms with van der Waals surface area (Å²) in [5.74, 6) is 0.718. The van der Waals surface area contributed by atoms with E-state index in [2.05, 4.69) is 37.6 Å². The van der Waals surface area contributed by atoms with Gasteiger partial charge < -0.3 is 19.4 Å². The Morgan fingerprint density at radius 2 is 1.83 bits per heavy atom. The maximum absolute atomic E-state index is 13.6. The van der Waals surface area contributed by atoms with Gasteiger partial charge in [-0.05, 0) is 69.3 Å². The molecular weight excluding hydrogens is 642 g/mol. The smallest absolute Gasteiger partial charge is 0.420 e. The summed E-state index contributed by atoms with van der Waals surface area (Å²) < 4.78 is 40.1. The van der Waals surface area contributed by atoms with Crippen LogP contribution in [0.5, 0.6) is 5.75 Å². The van der Waals surface area contributed by atoms with Gasteiger partial charge in [0.25, 0.3) is 11.9 Å². The van der Waals surface area contributed by atoms with Gasteiger partial charge >= 0.3 is 5.57 Å². The van der Waals surface area contributed by atoms with E-state index in [1.54, 1.807) is 10.7 Å². The topological polar surface area (TPSA) is 122 Å². The molecule has 1 amide bonds. The number of aromatic nitrogens is 7. The molecule has 2 aromatic carbocycles. The van der Waals surface area contributed by atoms with Gasteiger partial charge in [-0.1, -0.05) is 0 Å². The number of ether oxygens (including phenoxy) is 2. The Morgan fingerprint density at radius 1 is 1.06 bits per heavy atom. The normalized spacial score (nSPS) is 15.2. The first-order valence-corrected chi connectivity index (χ1v) is 15.6. The molecule has 11 nitrogen and oxygen atoms in total. The van der Waals surface area contributed by atoms with Crippen LogP contribution in [0, 0.1) is 13.8 Å². The number of aryl methyl sites for hydroxylation is 2. The second-order valence-electron chi connectivity index (χ2n) is 12.0. The highest BCUT2D eigenvalue weighted by molar-refractivity contribution is 6.20. The number of rotatable bonds is 6. The molecule has 0 saturated heterocycles. The zero-order valence-corrected chi connectivity index (χ0v) is 26.7. The third-order valence-corrected chi connectivity index (χ3v) is 8.43. The Balaban J connectivity index is 1.19. The zero-order valence-electron chi connectivity index (χ0n) is 26.0. The number of amides is 1. The summed E-state index contributed by atoms with van der Waals surface area (Å²) >= 11 is 4.87. The summed E-state index contributed by atoms with van der Waals surface area (Å²) in [5.41, 5.74) is 5.32. The molecule has 48 heavy (non-hydrogen) atoms. The fraction of sp³-hybridized carbons (Fsp3) is 0.235. The van der Waals surface area contributed by atoms with Gasteiger partial charge in [0.15, 0.2) is 0 Å². The van der Waals surface area contributed by atoms with Crippen molar-refractivity contribution in [1.82, 2.24) is 34.3 Å². The van der Waals surface area contributed by atoms with E-state index in [0.29, 0.717) is 42.4 Å². The summed E-state index contributed by atoms with van der Waals surface area (Å²) in [6.45, 7) is 6.79. The van der Waals surface area contributed by atoms with E-state index in [-0.39, 0.29) is 11.8 Å². The number of nitrogens with zero attached hydrogens (tertiary/aromatic N) is 7. The predicted molar refractivity (Wildman–Crippen MR) is 174 cm³/mol. The minimum Gasteiger partial charge on any atom is -0.420 e. The number of anilines is 1. The van der Waals surface area contributed by atoms with Gasteiger partial charge in [-0.25, -0.2) is 19.6 Å². The van der Waals surface area contributed by atoms with Gasteiger partial charge in [-0.15, -0.1) is 8.78 Å². The average Bonchev–Trinajstić information content (AvgIpc) is 3.71. The number of benzene rings is 2. The van der Waals surface area contributed by atoms with E-state index in [9.17, 15) is 13.6 Å². The molecule has 0 saturated carbocycles. The van der Waals surface area contributed by atoms with Crippen LogP contribution in [0.4, 0.5) is 14.5 Å². The van der Waals surface area contributed by atoms with Crippen LogP contribution < -0.4 is 10.1 Å². The molecule has 0 radical (unpaired) electrons. The van der Waals surface area contributed by atoms with Gasteiger partial charge in [0.05, 0.1) is 35.1 Å². The molecule has 2 aliphatic rings. The first-order chi connectivity index (χ1) is 23.0. The summed E-state index contributed by atoms with van der Waals surface area (Å²) in [5, 5.41) is 7.70. The third kappa shape index (κ3) is 5.44. The predicted octanol–water partition coefficient (Wildman–Crippen LogP) is 6.77. The monoisotopic (exact) mass is 668 g/mol. The van der Waals surface area contributed by atoms with Crippen molar-refractivity contribution in [3.63, 3.8) is 0 Å². The minimum atomic E-state index is -3.84. The van der Waals surface area contributed by atoms with E-state index < -0.39 is 11.5 Å². The second kappa shape index (κ2) is 11.2. The van der Waals surface area contributed by atoms with Gasteiger partial charge in [-0.3, -0.25) is 9.78 Å². The largest absolute Gasteiger partial charge is 0.487 e. The van der Waals surface area contributed by atoms with Gasteiger partial charge in [0.1, 0.15) is 18.2 Å². The van der Waals surface area contributed by atoms with Crippen LogP contribution >= 0.6 is 11.6 Å². The van der Waals surface area contributed by atoms with Crippen LogP contribution in [0.25, 0.3) is 39.4 Å². The highest BCUT2D eigenvalue weighted by Gasteiger charge is 2.29. The van der Waals surface area contributed by atoms with Gasteiger partial charge in [0.2, 0.25) is 0 Å². The van der Waals surface area contributed by atoms with Crippen molar-refractivity contribution in [1.29, 1.82) is 0 Å². The van der Waals surface area contributed by atoms with Crippen LogP contribution in [0.2, 0.25) is 0 Å². The SMILES string of the molecule is Cc1cc(C)nc(-n2cc3c(n2)-c2cc(-c4cc(C(=O)Nc5ccc(OC(F)(F)Cl)cc5)cc5nc6n(c45)[C@H](C)COC6)cnc2C3)n1. The van der Waals surface area contributed by atoms with Crippen molar-refractivity contribution in [2.75, 3.05) is 11.9 Å². The Bertz CT molecular complexity index is 2240. The molecule has 0 spiro atoms. The van der Waals surface area contributed by atoms with E-state index in [1.165, 1.54) is 24.3 Å². The molecule has 1 N–H and O–H groups in total. The lowest BCUT2D eigenvalue weighted by atomic mass is 9.99. The van der Waals surface area contributed by atoms with E-state index in [0.717, 1.165) is 56.4 Å². The number of pyridine rings is 1. The fourth-order valence-corrected chi connectivity index (χ4v) is 6.48. The first kappa shape index (κ1) is 30.1. The Labute approximate surface area is 277 Å². The molecule has 242 valence electrons. The Kier molecular flexibility index (Phi) is 7.00. The number of imidazole rings is 1. The lowest BCUT2D eigenvalue weighted by molar-refractivity contribution is -0.0964. The van der Waals surface area contributed by atoms with E-state index in [4.69, 9.17) is 31.4 Å². The number of nitrogens with one attached hydrogen (secondary N) is 1. The van der Waals surface area contributed by atoms with E-state index >= 15 is 0 Å². The van der Waals surface area contributed by atoms with Crippen molar-refractivity contribution in [3.8, 4) is 34.1 Å². The van der Waals surface area contributed by atoms with Crippen molar-refractivity contribution in [2.24, 2.45) is 0 Å². The summed E-state index contributed by atoms with van der Waals surface area (Å²) in [4.78, 5) is 32.4. The lowest BCUT2D eigenvalue weighted by Crippen LogP contribution is -2.21. The van der Waals surface area contributed by atoms with Gasteiger partial charge in [-0.2, -0.15) is 5.10 Å². The fourth-order valence-electron chi connectivity index (χ4n) is 6.39. The zero-order chi connectivity index (χ0) is 33.3. The third-order valence-electron chi connectivity index (χ3n) is 8.36. The molecule has 5 heterocycles. The molecule has 1 aliphatic heterocycles. The van der Waals surface area contributed by atoms with Crippen LogP contribution in [0.15, 0.2) is 60.9 Å².